The van der Waals surface area contributed by atoms with Gasteiger partial charge in [0.2, 0.25) is 5.16 Å². The zero-order chi connectivity index (χ0) is 6.97. The van der Waals surface area contributed by atoms with E-state index in [1.165, 1.54) is 0 Å². The number of hydrogen-bond donors (Lipinski definition) is 0. The van der Waals surface area contributed by atoms with Gasteiger partial charge in [-0.3, -0.25) is 0 Å². The van der Waals surface area contributed by atoms with E-state index in [0.29, 0.717) is 0 Å². The molecule has 5 heteroatoms. The molecule has 1 aromatic heterocycles. The van der Waals surface area contributed by atoms with Crippen LogP contribution < -0.4 is 0 Å². The monoisotopic (exact) mass is 154 g/mol. The van der Waals surface area contributed by atoms with Gasteiger partial charge in [-0.15, -0.1) is 10.2 Å². The van der Waals surface area contributed by atoms with Crippen LogP contribution >= 0.6 is 11.8 Å². The molecule has 0 radical (unpaired) electrons. The zero-order valence-corrected chi connectivity index (χ0v) is 6.30. The third kappa shape index (κ3) is 0.740. The van der Waals surface area contributed by atoms with Gasteiger partial charge in [0.05, 0.1) is 0 Å². The minimum absolute atomic E-state index is 0.846. The highest BCUT2D eigenvalue weighted by atomic mass is 32.2. The van der Waals surface area contributed by atoms with Crippen molar-refractivity contribution in [3.63, 3.8) is 0 Å². The molecule has 2 rings (SSSR count). The third-order valence-corrected chi connectivity index (χ3v) is 2.08. The number of thioether (sulfide) groups is 1. The van der Waals surface area contributed by atoms with E-state index < -0.39 is 0 Å². The van der Waals surface area contributed by atoms with Crippen LogP contribution in [-0.2, 0) is 0 Å². The first-order valence-corrected chi connectivity index (χ1v) is 3.94. The highest BCUT2D eigenvalue weighted by molar-refractivity contribution is 7.99. The molecule has 1 aliphatic rings. The van der Waals surface area contributed by atoms with Crippen LogP contribution in [0.25, 0.3) is 0 Å². The molecule has 0 spiro atoms. The Bertz CT molecular complexity index is 277. The van der Waals surface area contributed by atoms with E-state index in [9.17, 15) is 0 Å². The molecule has 0 bridgehead atoms. The number of nitrogens with zero attached hydrogens (tertiary/aromatic N) is 4. The highest BCUT2D eigenvalue weighted by Crippen LogP contribution is 2.18. The molecule has 0 aromatic carbocycles. The molecule has 0 amide bonds. The summed E-state index contributed by atoms with van der Waals surface area (Å²) in [5, 5.41) is 12.8. The van der Waals surface area contributed by atoms with Gasteiger partial charge in [-0.1, -0.05) is 11.8 Å². The standard InChI is InChI=1S/C5H6N4S/c1-4-7-8-5-9(4)6-2-3-10-5/h2H,3H2,1H3. The van der Waals surface area contributed by atoms with Gasteiger partial charge in [0.15, 0.2) is 5.82 Å². The molecule has 0 saturated heterocycles. The second-order valence-electron chi connectivity index (χ2n) is 1.95. The summed E-state index contributed by atoms with van der Waals surface area (Å²) in [4.78, 5) is 0. The molecule has 0 fully saturated rings. The maximum absolute atomic E-state index is 4.10. The predicted molar refractivity (Wildman–Crippen MR) is 39.4 cm³/mol. The summed E-state index contributed by atoms with van der Waals surface area (Å²) in [6.45, 7) is 1.89. The van der Waals surface area contributed by atoms with Crippen molar-refractivity contribution in [2.45, 2.75) is 12.1 Å². The van der Waals surface area contributed by atoms with Crippen molar-refractivity contribution in [3.05, 3.63) is 5.82 Å². The molecular weight excluding hydrogens is 148 g/mol. The molecule has 52 valence electrons. The smallest absolute Gasteiger partial charge is 0.192 e. The Balaban J connectivity index is 2.57. The molecule has 0 unspecified atom stereocenters. The average Bonchev–Trinajstić information content (AvgIpc) is 2.34. The van der Waals surface area contributed by atoms with E-state index in [-0.39, 0.29) is 0 Å². The van der Waals surface area contributed by atoms with Crippen LogP contribution in [0.3, 0.4) is 0 Å². The van der Waals surface area contributed by atoms with Crippen LogP contribution in [-0.4, -0.2) is 26.8 Å². The summed E-state index contributed by atoms with van der Waals surface area (Å²) in [6, 6.07) is 0. The van der Waals surface area contributed by atoms with E-state index in [4.69, 9.17) is 0 Å². The van der Waals surface area contributed by atoms with E-state index in [2.05, 4.69) is 15.3 Å². The van der Waals surface area contributed by atoms with E-state index in [1.807, 2.05) is 13.1 Å². The maximum atomic E-state index is 4.10. The second-order valence-corrected chi connectivity index (χ2v) is 2.94. The molecule has 0 saturated carbocycles. The van der Waals surface area contributed by atoms with Crippen molar-refractivity contribution in [3.8, 4) is 0 Å². The summed E-state index contributed by atoms with van der Waals surface area (Å²) in [5.41, 5.74) is 0. The van der Waals surface area contributed by atoms with Gasteiger partial charge < -0.3 is 0 Å². The summed E-state index contributed by atoms with van der Waals surface area (Å²) in [7, 11) is 0. The van der Waals surface area contributed by atoms with Crippen LogP contribution in [0.15, 0.2) is 10.3 Å². The van der Waals surface area contributed by atoms with Crippen LogP contribution in [0.2, 0.25) is 0 Å². The summed E-state index contributed by atoms with van der Waals surface area (Å²) in [6.07, 6.45) is 1.86. The zero-order valence-electron chi connectivity index (χ0n) is 5.48. The van der Waals surface area contributed by atoms with E-state index in [0.717, 1.165) is 16.7 Å². The largest absolute Gasteiger partial charge is 0.212 e. The van der Waals surface area contributed by atoms with Gasteiger partial charge in [-0.2, -0.15) is 9.78 Å². The van der Waals surface area contributed by atoms with Gasteiger partial charge in [-0.05, 0) is 6.92 Å². The summed E-state index contributed by atoms with van der Waals surface area (Å²) < 4.78 is 1.74. The number of aromatic nitrogens is 3. The Kier molecular flexibility index (Phi) is 1.23. The topological polar surface area (TPSA) is 43.1 Å². The first-order chi connectivity index (χ1) is 4.88. The first kappa shape index (κ1) is 5.91. The summed E-state index contributed by atoms with van der Waals surface area (Å²) in [5.74, 6) is 1.75. The normalized spacial score (nSPS) is 15.3. The predicted octanol–water partition coefficient (Wildman–Crippen LogP) is 0.526. The van der Waals surface area contributed by atoms with Crippen LogP contribution in [0.5, 0.6) is 0 Å². The molecule has 1 aromatic rings. The molecule has 1 aliphatic heterocycles. The summed E-state index contributed by atoms with van der Waals surface area (Å²) >= 11 is 1.65. The molecule has 2 heterocycles. The lowest BCUT2D eigenvalue weighted by Gasteiger charge is -2.03. The highest BCUT2D eigenvalue weighted by Gasteiger charge is 2.09. The minimum Gasteiger partial charge on any atom is -0.192 e. The Morgan fingerprint density at radius 2 is 2.50 bits per heavy atom. The Hall–Kier alpha value is -0.840. The van der Waals surface area contributed by atoms with Crippen molar-refractivity contribution >= 4 is 18.0 Å². The van der Waals surface area contributed by atoms with Crippen LogP contribution in [0, 0.1) is 6.92 Å². The van der Waals surface area contributed by atoms with E-state index in [1.54, 1.807) is 16.4 Å². The molecular formula is C5H6N4S. The maximum Gasteiger partial charge on any atom is 0.212 e. The number of hydrogen-bond acceptors (Lipinski definition) is 4. The number of rotatable bonds is 0. The van der Waals surface area contributed by atoms with Gasteiger partial charge in [0.25, 0.3) is 0 Å². The average molecular weight is 154 g/mol. The third-order valence-electron chi connectivity index (χ3n) is 1.25. The molecule has 10 heavy (non-hydrogen) atoms. The first-order valence-electron chi connectivity index (χ1n) is 2.95. The van der Waals surface area contributed by atoms with Crippen molar-refractivity contribution in [2.75, 3.05) is 5.75 Å². The fourth-order valence-electron chi connectivity index (χ4n) is 0.788. The molecule has 0 atom stereocenters. The van der Waals surface area contributed by atoms with Gasteiger partial charge in [0.1, 0.15) is 0 Å². The van der Waals surface area contributed by atoms with Gasteiger partial charge >= 0.3 is 0 Å². The Labute approximate surface area is 62.3 Å². The Morgan fingerprint density at radius 1 is 1.60 bits per heavy atom. The lowest BCUT2D eigenvalue weighted by molar-refractivity contribution is 0.739. The van der Waals surface area contributed by atoms with Crippen molar-refractivity contribution in [2.24, 2.45) is 5.10 Å². The lowest BCUT2D eigenvalue weighted by atomic mass is 10.7. The van der Waals surface area contributed by atoms with Gasteiger partial charge in [0, 0.05) is 12.0 Å². The SMILES string of the molecule is Cc1nnc2n1N=CCS2. The molecule has 0 N–H and O–H groups in total. The number of aryl methyl sites for hydroxylation is 1. The van der Waals surface area contributed by atoms with Crippen LogP contribution in [0.1, 0.15) is 5.82 Å². The lowest BCUT2D eigenvalue weighted by Crippen LogP contribution is -2.01. The van der Waals surface area contributed by atoms with Crippen LogP contribution in [0.4, 0.5) is 0 Å². The quantitative estimate of drug-likeness (QED) is 0.547. The second kappa shape index (κ2) is 2.09. The number of fused-ring (bicyclic) bond motifs is 1. The van der Waals surface area contributed by atoms with Crippen molar-refractivity contribution in [1.82, 2.24) is 14.9 Å². The fraction of sp³-hybridized carbons (Fsp3) is 0.400. The van der Waals surface area contributed by atoms with Crippen molar-refractivity contribution in [1.29, 1.82) is 0 Å². The minimum atomic E-state index is 0.846. The Morgan fingerprint density at radius 3 is 3.30 bits per heavy atom. The fourth-order valence-corrected chi connectivity index (χ4v) is 1.48. The molecule has 0 aliphatic carbocycles. The van der Waals surface area contributed by atoms with E-state index >= 15 is 0 Å². The molecule has 4 nitrogen and oxygen atoms in total. The van der Waals surface area contributed by atoms with Crippen molar-refractivity contribution < 1.29 is 0 Å². The van der Waals surface area contributed by atoms with Gasteiger partial charge in [-0.25, -0.2) is 0 Å².